The zero-order chi connectivity index (χ0) is 14.7. The number of nitrogens with zero attached hydrogens (tertiary/aromatic N) is 1. The topological polar surface area (TPSA) is 32.3 Å². The summed E-state index contributed by atoms with van der Waals surface area (Å²) in [5.41, 5.74) is 3.37. The van der Waals surface area contributed by atoms with Crippen molar-refractivity contribution in [1.82, 2.24) is 4.90 Å². The van der Waals surface area contributed by atoms with Crippen molar-refractivity contribution >= 4 is 11.6 Å². The molecule has 3 heteroatoms. The Kier molecular flexibility index (Phi) is 3.91. The van der Waals surface area contributed by atoms with Crippen LogP contribution < -0.4 is 5.32 Å². The van der Waals surface area contributed by atoms with E-state index in [1.807, 2.05) is 48.3 Å². The third-order valence-corrected chi connectivity index (χ3v) is 4.02. The van der Waals surface area contributed by atoms with E-state index in [1.165, 1.54) is 0 Å². The minimum atomic E-state index is -0.0313. The van der Waals surface area contributed by atoms with E-state index in [1.54, 1.807) is 0 Å². The van der Waals surface area contributed by atoms with Gasteiger partial charge in [0.1, 0.15) is 0 Å². The number of fused-ring (bicyclic) bond motifs is 1. The van der Waals surface area contributed by atoms with E-state index < -0.39 is 0 Å². The highest BCUT2D eigenvalue weighted by Crippen LogP contribution is 2.32. The van der Waals surface area contributed by atoms with Crippen LogP contribution in [0.1, 0.15) is 23.5 Å². The second kappa shape index (κ2) is 6.00. The Morgan fingerprint density at radius 3 is 2.67 bits per heavy atom. The molecule has 0 saturated heterocycles. The van der Waals surface area contributed by atoms with Crippen molar-refractivity contribution < 1.29 is 4.79 Å². The molecule has 1 heterocycles. The first-order chi connectivity index (χ1) is 10.3. The lowest BCUT2D eigenvalue weighted by Crippen LogP contribution is -2.34. The van der Waals surface area contributed by atoms with E-state index in [2.05, 4.69) is 23.5 Å². The van der Waals surface area contributed by atoms with Crippen LogP contribution in [0.2, 0.25) is 0 Å². The van der Waals surface area contributed by atoms with Crippen molar-refractivity contribution in [2.45, 2.75) is 18.9 Å². The number of rotatable bonds is 3. The predicted molar refractivity (Wildman–Crippen MR) is 85.2 cm³/mol. The van der Waals surface area contributed by atoms with Crippen molar-refractivity contribution in [2.24, 2.45) is 0 Å². The highest BCUT2D eigenvalue weighted by molar-refractivity contribution is 5.86. The van der Waals surface area contributed by atoms with Crippen LogP contribution in [0.15, 0.2) is 54.6 Å². The molecule has 1 amide bonds. The summed E-state index contributed by atoms with van der Waals surface area (Å²) in [5, 5.41) is 3.37. The largest absolute Gasteiger partial charge is 0.385 e. The van der Waals surface area contributed by atoms with Gasteiger partial charge < -0.3 is 10.2 Å². The van der Waals surface area contributed by atoms with Crippen molar-refractivity contribution in [3.8, 4) is 0 Å². The molecule has 3 rings (SSSR count). The Bertz CT molecular complexity index is 624. The van der Waals surface area contributed by atoms with Crippen LogP contribution in [0.5, 0.6) is 0 Å². The molecule has 0 radical (unpaired) electrons. The molecule has 0 fully saturated rings. The van der Waals surface area contributed by atoms with E-state index in [0.29, 0.717) is 6.54 Å². The quantitative estimate of drug-likeness (QED) is 0.936. The van der Waals surface area contributed by atoms with Gasteiger partial charge in [0.2, 0.25) is 5.91 Å². The fraction of sp³-hybridized carbons (Fsp3) is 0.278. The second-order valence-corrected chi connectivity index (χ2v) is 5.54. The number of carbonyl (C=O) groups excluding carboxylic acids is 1. The van der Waals surface area contributed by atoms with Crippen molar-refractivity contribution in [3.63, 3.8) is 0 Å². The summed E-state index contributed by atoms with van der Waals surface area (Å²) < 4.78 is 0. The van der Waals surface area contributed by atoms with Crippen LogP contribution in [0.3, 0.4) is 0 Å². The van der Waals surface area contributed by atoms with Gasteiger partial charge in [0.05, 0.1) is 5.92 Å². The Morgan fingerprint density at radius 2 is 1.86 bits per heavy atom. The summed E-state index contributed by atoms with van der Waals surface area (Å²) in [6.07, 6.45) is 0.856. The molecular weight excluding hydrogens is 260 g/mol. The number of benzene rings is 2. The molecule has 1 atom stereocenters. The van der Waals surface area contributed by atoms with Gasteiger partial charge in [-0.25, -0.2) is 0 Å². The Labute approximate surface area is 125 Å². The molecule has 21 heavy (non-hydrogen) atoms. The summed E-state index contributed by atoms with van der Waals surface area (Å²) in [7, 11) is 1.89. The van der Waals surface area contributed by atoms with Gasteiger partial charge >= 0.3 is 0 Å². The van der Waals surface area contributed by atoms with Crippen LogP contribution in [0.25, 0.3) is 0 Å². The van der Waals surface area contributed by atoms with Gasteiger partial charge in [-0.15, -0.1) is 0 Å². The van der Waals surface area contributed by atoms with Crippen LogP contribution in [0.4, 0.5) is 5.69 Å². The standard InChI is InChI=1S/C18H20N2O/c1-20(13-14-7-3-2-4-8-14)18(21)16-11-12-19-17-10-6-5-9-15(16)17/h2-10,16,19H,11-13H2,1H3. The fourth-order valence-electron chi connectivity index (χ4n) is 2.93. The molecule has 0 aromatic heterocycles. The minimum absolute atomic E-state index is 0.0313. The summed E-state index contributed by atoms with van der Waals surface area (Å²) in [4.78, 5) is 14.6. The van der Waals surface area contributed by atoms with Crippen molar-refractivity contribution in [2.75, 3.05) is 18.9 Å². The molecule has 2 aromatic rings. The first-order valence-electron chi connectivity index (χ1n) is 7.37. The Hall–Kier alpha value is -2.29. The lowest BCUT2D eigenvalue weighted by Gasteiger charge is -2.29. The van der Waals surface area contributed by atoms with E-state index in [0.717, 1.165) is 29.8 Å². The second-order valence-electron chi connectivity index (χ2n) is 5.54. The molecule has 3 nitrogen and oxygen atoms in total. The Morgan fingerprint density at radius 1 is 1.14 bits per heavy atom. The molecule has 108 valence electrons. The van der Waals surface area contributed by atoms with Gasteiger partial charge in [0.15, 0.2) is 0 Å². The van der Waals surface area contributed by atoms with Crippen LogP contribution >= 0.6 is 0 Å². The van der Waals surface area contributed by atoms with E-state index in [9.17, 15) is 4.79 Å². The smallest absolute Gasteiger partial charge is 0.230 e. The molecule has 1 N–H and O–H groups in total. The zero-order valence-electron chi connectivity index (χ0n) is 12.3. The Balaban J connectivity index is 1.77. The van der Waals surface area contributed by atoms with Crippen LogP contribution in [-0.4, -0.2) is 24.4 Å². The minimum Gasteiger partial charge on any atom is -0.385 e. The first kappa shape index (κ1) is 13.7. The molecule has 1 unspecified atom stereocenters. The zero-order valence-corrected chi connectivity index (χ0v) is 12.3. The van der Waals surface area contributed by atoms with Gasteiger partial charge in [-0.3, -0.25) is 4.79 Å². The summed E-state index contributed by atoms with van der Waals surface area (Å²) in [6.45, 7) is 1.51. The van der Waals surface area contributed by atoms with E-state index >= 15 is 0 Å². The SMILES string of the molecule is CN(Cc1ccccc1)C(=O)C1CCNc2ccccc21. The molecule has 2 aromatic carbocycles. The average Bonchev–Trinajstić information content (AvgIpc) is 2.54. The van der Waals surface area contributed by atoms with Gasteiger partial charge in [-0.05, 0) is 23.6 Å². The maximum absolute atomic E-state index is 12.8. The maximum Gasteiger partial charge on any atom is 0.230 e. The molecule has 0 saturated carbocycles. The fourth-order valence-corrected chi connectivity index (χ4v) is 2.93. The van der Waals surface area contributed by atoms with Crippen molar-refractivity contribution in [1.29, 1.82) is 0 Å². The van der Waals surface area contributed by atoms with Gasteiger partial charge in [0.25, 0.3) is 0 Å². The maximum atomic E-state index is 12.8. The lowest BCUT2D eigenvalue weighted by molar-refractivity contribution is -0.132. The van der Waals surface area contributed by atoms with Crippen LogP contribution in [0, 0.1) is 0 Å². The number of hydrogen-bond donors (Lipinski definition) is 1. The monoisotopic (exact) mass is 280 g/mol. The number of carbonyl (C=O) groups is 1. The molecule has 0 aliphatic carbocycles. The summed E-state index contributed by atoms with van der Waals surface area (Å²) in [5.74, 6) is 0.170. The average molecular weight is 280 g/mol. The third-order valence-electron chi connectivity index (χ3n) is 4.02. The number of nitrogens with one attached hydrogen (secondary N) is 1. The van der Waals surface area contributed by atoms with Gasteiger partial charge in [0, 0.05) is 25.8 Å². The summed E-state index contributed by atoms with van der Waals surface area (Å²) >= 11 is 0. The van der Waals surface area contributed by atoms with Gasteiger partial charge in [-0.1, -0.05) is 48.5 Å². The van der Waals surface area contributed by atoms with Crippen LogP contribution in [-0.2, 0) is 11.3 Å². The van der Waals surface area contributed by atoms with E-state index in [4.69, 9.17) is 0 Å². The number of hydrogen-bond acceptors (Lipinski definition) is 2. The summed E-state index contributed by atoms with van der Waals surface area (Å²) in [6, 6.07) is 18.2. The lowest BCUT2D eigenvalue weighted by atomic mass is 9.90. The first-order valence-corrected chi connectivity index (χ1v) is 7.37. The third kappa shape index (κ3) is 2.92. The number of likely N-dealkylation sites (N-methyl/N-ethyl adjacent to an activating group) is 1. The van der Waals surface area contributed by atoms with Gasteiger partial charge in [-0.2, -0.15) is 0 Å². The molecule has 0 bridgehead atoms. The molecular formula is C18H20N2O. The number of amides is 1. The number of anilines is 1. The van der Waals surface area contributed by atoms with Crippen molar-refractivity contribution in [3.05, 3.63) is 65.7 Å². The predicted octanol–water partition coefficient (Wildman–Crippen LogP) is 3.24. The van der Waals surface area contributed by atoms with E-state index in [-0.39, 0.29) is 11.8 Å². The highest BCUT2D eigenvalue weighted by Gasteiger charge is 2.28. The number of para-hydroxylation sites is 1. The normalized spacial score (nSPS) is 16.7. The molecule has 1 aliphatic heterocycles. The highest BCUT2D eigenvalue weighted by atomic mass is 16.2. The molecule has 1 aliphatic rings. The molecule has 0 spiro atoms.